The lowest BCUT2D eigenvalue weighted by Crippen LogP contribution is -2.31. The van der Waals surface area contributed by atoms with Crippen LogP contribution in [-0.2, 0) is 0 Å². The lowest BCUT2D eigenvalue weighted by molar-refractivity contribution is 0.0946. The molecule has 1 aromatic carbocycles. The van der Waals surface area contributed by atoms with Crippen LogP contribution in [0.5, 0.6) is 0 Å². The molecule has 0 atom stereocenters. The number of halogens is 1. The zero-order valence-corrected chi connectivity index (χ0v) is 14.1. The highest BCUT2D eigenvalue weighted by molar-refractivity contribution is 9.10. The zero-order valence-electron chi connectivity index (χ0n) is 12.5. The summed E-state index contributed by atoms with van der Waals surface area (Å²) >= 11 is 3.39. The predicted molar refractivity (Wildman–Crippen MR) is 90.3 cm³/mol. The van der Waals surface area contributed by atoms with Crippen LogP contribution in [0.25, 0.3) is 0 Å². The van der Waals surface area contributed by atoms with Gasteiger partial charge in [-0.1, -0.05) is 15.9 Å². The average Bonchev–Trinajstić information content (AvgIpc) is 2.49. The predicted octanol–water partition coefficient (Wildman–Crippen LogP) is 2.27. The Morgan fingerprint density at radius 3 is 2.64 bits per heavy atom. The lowest BCUT2D eigenvalue weighted by Gasteiger charge is -2.10. The zero-order chi connectivity index (χ0) is 15.9. The molecular formula is C15H18BrN5O. The van der Waals surface area contributed by atoms with Gasteiger partial charge in [0.25, 0.3) is 5.91 Å². The molecule has 2 rings (SSSR count). The summed E-state index contributed by atoms with van der Waals surface area (Å²) in [5, 5.41) is 5.96. The summed E-state index contributed by atoms with van der Waals surface area (Å²) < 4.78 is 1.00. The van der Waals surface area contributed by atoms with Gasteiger partial charge in [-0.3, -0.25) is 4.79 Å². The van der Waals surface area contributed by atoms with Crippen molar-refractivity contribution < 1.29 is 4.79 Å². The fraction of sp³-hybridized carbons (Fsp3) is 0.267. The van der Waals surface area contributed by atoms with Gasteiger partial charge in [0.2, 0.25) is 0 Å². The van der Waals surface area contributed by atoms with Crippen molar-refractivity contribution in [3.63, 3.8) is 0 Å². The van der Waals surface area contributed by atoms with Crippen molar-refractivity contribution in [2.75, 3.05) is 32.5 Å². The van der Waals surface area contributed by atoms with E-state index in [1.165, 1.54) is 6.33 Å². The Labute approximate surface area is 138 Å². The molecule has 1 heterocycles. The Balaban J connectivity index is 2.00. The summed E-state index contributed by atoms with van der Waals surface area (Å²) in [5.74, 6) is 0.373. The van der Waals surface area contributed by atoms with Crippen LogP contribution >= 0.6 is 15.9 Å². The fourth-order valence-corrected chi connectivity index (χ4v) is 1.98. The van der Waals surface area contributed by atoms with Crippen molar-refractivity contribution in [1.29, 1.82) is 0 Å². The van der Waals surface area contributed by atoms with Crippen LogP contribution < -0.4 is 10.6 Å². The second-order valence-electron chi connectivity index (χ2n) is 4.98. The van der Waals surface area contributed by atoms with E-state index in [-0.39, 0.29) is 5.91 Å². The van der Waals surface area contributed by atoms with Crippen molar-refractivity contribution in [1.82, 2.24) is 20.2 Å². The van der Waals surface area contributed by atoms with E-state index in [1.54, 1.807) is 6.07 Å². The number of likely N-dealkylation sites (N-methyl/N-ethyl adjacent to an activating group) is 1. The van der Waals surface area contributed by atoms with Crippen molar-refractivity contribution in [2.45, 2.75) is 0 Å². The maximum absolute atomic E-state index is 12.0. The quantitative estimate of drug-likeness (QED) is 0.823. The standard InChI is InChI=1S/C15H18BrN5O/c1-21(2)8-7-17-15(22)13-9-14(19-10-18-13)20-12-5-3-11(16)4-6-12/h3-6,9-10H,7-8H2,1-2H3,(H,17,22)(H,18,19,20). The summed E-state index contributed by atoms with van der Waals surface area (Å²) in [6, 6.07) is 9.33. The van der Waals surface area contributed by atoms with Crippen molar-refractivity contribution >= 4 is 33.3 Å². The normalized spacial score (nSPS) is 10.5. The SMILES string of the molecule is CN(C)CCNC(=O)c1cc(Nc2ccc(Br)cc2)ncn1. The first kappa shape index (κ1) is 16.4. The third-order valence-electron chi connectivity index (χ3n) is 2.86. The minimum atomic E-state index is -0.205. The molecule has 0 spiro atoms. The van der Waals surface area contributed by atoms with Gasteiger partial charge in [0.1, 0.15) is 17.8 Å². The van der Waals surface area contributed by atoms with E-state index in [0.29, 0.717) is 18.1 Å². The molecule has 0 saturated heterocycles. The van der Waals surface area contributed by atoms with Crippen molar-refractivity contribution in [3.8, 4) is 0 Å². The molecule has 22 heavy (non-hydrogen) atoms. The van der Waals surface area contributed by atoms with E-state index in [9.17, 15) is 4.79 Å². The van der Waals surface area contributed by atoms with E-state index in [4.69, 9.17) is 0 Å². The molecule has 0 radical (unpaired) electrons. The van der Waals surface area contributed by atoms with Crippen LogP contribution in [0.15, 0.2) is 41.1 Å². The number of benzene rings is 1. The minimum absolute atomic E-state index is 0.205. The monoisotopic (exact) mass is 363 g/mol. The number of rotatable bonds is 6. The van der Waals surface area contributed by atoms with Crippen molar-refractivity contribution in [3.05, 3.63) is 46.8 Å². The number of hydrogen-bond donors (Lipinski definition) is 2. The number of nitrogens with one attached hydrogen (secondary N) is 2. The van der Waals surface area contributed by atoms with Gasteiger partial charge in [-0.15, -0.1) is 0 Å². The van der Waals surface area contributed by atoms with Crippen LogP contribution in [0, 0.1) is 0 Å². The van der Waals surface area contributed by atoms with Crippen LogP contribution in [0.2, 0.25) is 0 Å². The smallest absolute Gasteiger partial charge is 0.270 e. The maximum atomic E-state index is 12.0. The van der Waals surface area contributed by atoms with E-state index in [1.807, 2.05) is 43.3 Å². The molecule has 2 N–H and O–H groups in total. The first-order valence-electron chi connectivity index (χ1n) is 6.82. The molecule has 7 heteroatoms. The number of aromatic nitrogens is 2. The third-order valence-corrected chi connectivity index (χ3v) is 3.39. The topological polar surface area (TPSA) is 70.2 Å². The van der Waals surface area contributed by atoms with Crippen LogP contribution in [0.4, 0.5) is 11.5 Å². The lowest BCUT2D eigenvalue weighted by atomic mass is 10.3. The third kappa shape index (κ3) is 5.09. The van der Waals surface area contributed by atoms with E-state index >= 15 is 0 Å². The summed E-state index contributed by atoms with van der Waals surface area (Å²) in [4.78, 5) is 22.2. The molecule has 1 aromatic heterocycles. The molecule has 1 amide bonds. The number of carbonyl (C=O) groups excluding carboxylic acids is 1. The Morgan fingerprint density at radius 1 is 1.23 bits per heavy atom. The largest absolute Gasteiger partial charge is 0.349 e. The molecular weight excluding hydrogens is 346 g/mol. The molecule has 6 nitrogen and oxygen atoms in total. The first-order valence-corrected chi connectivity index (χ1v) is 7.61. The summed E-state index contributed by atoms with van der Waals surface area (Å²) in [6.45, 7) is 1.35. The average molecular weight is 364 g/mol. The Kier molecular flexibility index (Phi) is 5.85. The molecule has 2 aromatic rings. The van der Waals surface area contributed by atoms with Crippen molar-refractivity contribution in [2.24, 2.45) is 0 Å². The summed E-state index contributed by atoms with van der Waals surface area (Å²) in [7, 11) is 3.91. The number of amides is 1. The highest BCUT2D eigenvalue weighted by Crippen LogP contribution is 2.17. The molecule has 0 fully saturated rings. The Bertz CT molecular complexity index is 630. The van der Waals surface area contributed by atoms with E-state index in [2.05, 4.69) is 36.5 Å². The van der Waals surface area contributed by atoms with Crippen LogP contribution in [-0.4, -0.2) is 48.0 Å². The minimum Gasteiger partial charge on any atom is -0.349 e. The van der Waals surface area contributed by atoms with Gasteiger partial charge in [0, 0.05) is 29.3 Å². The first-order chi connectivity index (χ1) is 10.5. The highest BCUT2D eigenvalue weighted by atomic mass is 79.9. The van der Waals surface area contributed by atoms with Gasteiger partial charge >= 0.3 is 0 Å². The second-order valence-corrected chi connectivity index (χ2v) is 5.90. The molecule has 0 saturated carbocycles. The fourth-order valence-electron chi connectivity index (χ4n) is 1.71. The van der Waals surface area contributed by atoms with Gasteiger partial charge in [-0.2, -0.15) is 0 Å². The summed E-state index contributed by atoms with van der Waals surface area (Å²) in [6.07, 6.45) is 1.38. The highest BCUT2D eigenvalue weighted by Gasteiger charge is 2.08. The van der Waals surface area contributed by atoms with Gasteiger partial charge in [0.15, 0.2) is 0 Å². The molecule has 0 aliphatic rings. The molecule has 0 bridgehead atoms. The number of anilines is 2. The van der Waals surface area contributed by atoms with E-state index < -0.39 is 0 Å². The molecule has 0 unspecified atom stereocenters. The second kappa shape index (κ2) is 7.86. The molecule has 0 aliphatic carbocycles. The number of hydrogen-bond acceptors (Lipinski definition) is 5. The number of carbonyl (C=O) groups is 1. The van der Waals surface area contributed by atoms with E-state index in [0.717, 1.165) is 16.7 Å². The van der Waals surface area contributed by atoms with Gasteiger partial charge in [-0.05, 0) is 38.4 Å². The summed E-state index contributed by atoms with van der Waals surface area (Å²) in [5.41, 5.74) is 1.23. The Morgan fingerprint density at radius 2 is 1.95 bits per heavy atom. The number of nitrogens with zero attached hydrogens (tertiary/aromatic N) is 3. The maximum Gasteiger partial charge on any atom is 0.270 e. The Hall–Kier alpha value is -1.99. The van der Waals surface area contributed by atoms with Crippen LogP contribution in [0.1, 0.15) is 10.5 Å². The molecule has 0 aliphatic heterocycles. The van der Waals surface area contributed by atoms with Gasteiger partial charge < -0.3 is 15.5 Å². The molecule has 116 valence electrons. The van der Waals surface area contributed by atoms with Gasteiger partial charge in [-0.25, -0.2) is 9.97 Å². The van der Waals surface area contributed by atoms with Crippen LogP contribution in [0.3, 0.4) is 0 Å². The van der Waals surface area contributed by atoms with Gasteiger partial charge in [0.05, 0.1) is 0 Å².